The second-order valence-electron chi connectivity index (χ2n) is 5.39. The molecule has 0 aliphatic carbocycles. The van der Waals surface area contributed by atoms with Crippen molar-refractivity contribution < 1.29 is 21.9 Å². The molecule has 23 heavy (non-hydrogen) atoms. The lowest BCUT2D eigenvalue weighted by Gasteiger charge is -2.21. The van der Waals surface area contributed by atoms with Crippen LogP contribution < -0.4 is 0 Å². The Morgan fingerprint density at radius 3 is 2.04 bits per heavy atom. The first-order chi connectivity index (χ1) is 10.7. The van der Waals surface area contributed by atoms with Crippen LogP contribution in [0.25, 0.3) is 0 Å². The van der Waals surface area contributed by atoms with Crippen molar-refractivity contribution in [2.75, 3.05) is 6.61 Å². The Kier molecular flexibility index (Phi) is 3.79. The number of benzene rings is 2. The Bertz CT molecular complexity index is 1010. The van der Waals surface area contributed by atoms with Crippen LogP contribution in [0.15, 0.2) is 56.0 Å². The van der Waals surface area contributed by atoms with Crippen molar-refractivity contribution in [3.8, 4) is 0 Å². The second kappa shape index (κ2) is 5.31. The Morgan fingerprint density at radius 2 is 1.43 bits per heavy atom. The van der Waals surface area contributed by atoms with Gasteiger partial charge in [0.25, 0.3) is 0 Å². The molecule has 122 valence electrons. The number of halogens is 1. The third-order valence-electron chi connectivity index (χ3n) is 3.87. The third kappa shape index (κ3) is 2.39. The van der Waals surface area contributed by atoms with E-state index in [2.05, 4.69) is 0 Å². The van der Waals surface area contributed by atoms with Crippen LogP contribution in [0.4, 0.5) is 0 Å². The molecule has 1 N–H and O–H groups in total. The molecule has 0 saturated carbocycles. The zero-order valence-electron chi connectivity index (χ0n) is 12.0. The highest BCUT2D eigenvalue weighted by Gasteiger charge is 2.39. The molecule has 1 atom stereocenters. The summed E-state index contributed by atoms with van der Waals surface area (Å²) < 4.78 is 51.0. The summed E-state index contributed by atoms with van der Waals surface area (Å²) in [4.78, 5) is -1.10. The molecule has 1 unspecified atom stereocenters. The fourth-order valence-corrected chi connectivity index (χ4v) is 6.93. The molecule has 3 rings (SSSR count). The van der Waals surface area contributed by atoms with Crippen molar-refractivity contribution in [2.24, 2.45) is 0 Å². The fraction of sp³-hybridized carbons (Fsp3) is 0.200. The molecule has 0 saturated heterocycles. The van der Waals surface area contributed by atoms with Crippen molar-refractivity contribution in [3.63, 3.8) is 0 Å². The predicted molar refractivity (Wildman–Crippen MR) is 84.3 cm³/mol. The first kappa shape index (κ1) is 16.4. The molecule has 2 aromatic carbocycles. The van der Waals surface area contributed by atoms with Gasteiger partial charge in [0.15, 0.2) is 0 Å². The number of rotatable bonds is 2. The van der Waals surface area contributed by atoms with Crippen molar-refractivity contribution in [1.82, 2.24) is 0 Å². The Hall–Kier alpha value is -1.41. The molecule has 2 aromatic rings. The first-order valence-electron chi connectivity index (χ1n) is 6.74. The molecule has 0 spiro atoms. The lowest BCUT2D eigenvalue weighted by atomic mass is 10.0. The van der Waals surface area contributed by atoms with E-state index >= 15 is 0 Å². The highest BCUT2D eigenvalue weighted by atomic mass is 35.5. The van der Waals surface area contributed by atoms with Crippen molar-refractivity contribution in [1.29, 1.82) is 0 Å². The van der Waals surface area contributed by atoms with Gasteiger partial charge in [-0.1, -0.05) is 24.6 Å². The minimum absolute atomic E-state index is 0.144. The first-order valence-corrected chi connectivity index (χ1v) is 10.1. The summed E-state index contributed by atoms with van der Waals surface area (Å²) in [6, 6.07) is 7.81. The van der Waals surface area contributed by atoms with E-state index in [-0.39, 0.29) is 37.1 Å². The van der Waals surface area contributed by atoms with Gasteiger partial charge in [0.1, 0.15) is 0 Å². The number of aliphatic hydroxyl groups is 1. The summed E-state index contributed by atoms with van der Waals surface area (Å²) in [6.07, 6.45) is 0. The van der Waals surface area contributed by atoms with Gasteiger partial charge in [0, 0.05) is 17.5 Å². The van der Waals surface area contributed by atoms with Crippen LogP contribution in [0, 0.1) is 0 Å². The van der Waals surface area contributed by atoms with Crippen molar-refractivity contribution >= 4 is 31.3 Å². The summed E-state index contributed by atoms with van der Waals surface area (Å²) in [5.74, 6) is -0.307. The number of fused-ring (bicyclic) bond motifs is 2. The van der Waals surface area contributed by atoms with E-state index in [0.717, 1.165) is 6.07 Å². The molecule has 0 aromatic heterocycles. The molecule has 1 aliphatic rings. The molecule has 0 bridgehead atoms. The topological polar surface area (TPSA) is 88.5 Å². The Morgan fingerprint density at radius 1 is 0.913 bits per heavy atom. The Balaban J connectivity index is 2.40. The summed E-state index contributed by atoms with van der Waals surface area (Å²) in [5.41, 5.74) is 0.551. The van der Waals surface area contributed by atoms with Crippen LogP contribution in [0.2, 0.25) is 5.02 Å². The number of hydrogen-bond acceptors (Lipinski definition) is 5. The molecule has 0 fully saturated rings. The second-order valence-corrected chi connectivity index (χ2v) is 9.60. The zero-order valence-corrected chi connectivity index (χ0v) is 14.4. The van der Waals surface area contributed by atoms with Gasteiger partial charge in [-0.15, -0.1) is 0 Å². The fourth-order valence-electron chi connectivity index (χ4n) is 2.52. The van der Waals surface area contributed by atoms with Crippen LogP contribution in [0.3, 0.4) is 0 Å². The van der Waals surface area contributed by atoms with E-state index in [1.165, 1.54) is 30.3 Å². The van der Waals surface area contributed by atoms with Gasteiger partial charge in [0.2, 0.25) is 19.7 Å². The van der Waals surface area contributed by atoms with Crippen LogP contribution >= 0.6 is 11.6 Å². The quantitative estimate of drug-likeness (QED) is 0.746. The molecule has 8 heteroatoms. The molecule has 1 aliphatic heterocycles. The van der Waals surface area contributed by atoms with Gasteiger partial charge >= 0.3 is 0 Å². The van der Waals surface area contributed by atoms with Gasteiger partial charge in [-0.2, -0.15) is 0 Å². The highest BCUT2D eigenvalue weighted by molar-refractivity contribution is 7.97. The largest absolute Gasteiger partial charge is 0.396 e. The molecule has 1 heterocycles. The summed E-state index contributed by atoms with van der Waals surface area (Å²) in [5, 5.41) is 9.38. The standard InChI is InChI=1S/C15H13ClO5S2/c1-9(8-17)10-2-4-12-14(6-10)23(20,21)15-7-11(16)3-5-13(15)22(12,18)19/h2-7,9,17H,8H2,1H3. The maximum Gasteiger partial charge on any atom is 0.209 e. The highest BCUT2D eigenvalue weighted by Crippen LogP contribution is 2.42. The molecule has 5 nitrogen and oxygen atoms in total. The summed E-state index contributed by atoms with van der Waals surface area (Å²) in [7, 11) is -7.94. The minimum atomic E-state index is -4.00. The van der Waals surface area contributed by atoms with E-state index in [9.17, 15) is 21.9 Å². The van der Waals surface area contributed by atoms with E-state index < -0.39 is 19.7 Å². The monoisotopic (exact) mass is 372 g/mol. The average Bonchev–Trinajstić information content (AvgIpc) is 2.52. The zero-order chi connectivity index (χ0) is 17.0. The van der Waals surface area contributed by atoms with Crippen molar-refractivity contribution in [2.45, 2.75) is 32.4 Å². The van der Waals surface area contributed by atoms with Gasteiger partial charge < -0.3 is 5.11 Å². The summed E-state index contributed by atoms with van der Waals surface area (Å²) in [6.45, 7) is 1.55. The third-order valence-corrected chi connectivity index (χ3v) is 8.07. The minimum Gasteiger partial charge on any atom is -0.396 e. The molecular weight excluding hydrogens is 360 g/mol. The number of sulfone groups is 2. The van der Waals surface area contributed by atoms with E-state index in [1.54, 1.807) is 6.92 Å². The SMILES string of the molecule is CC(CO)c1ccc2c(c1)S(=O)(=O)c1cc(Cl)ccc1S2(=O)=O. The molecular formula is C15H13ClO5S2. The Labute approximate surface area is 139 Å². The predicted octanol–water partition coefficient (Wildman–Crippen LogP) is 2.41. The van der Waals surface area contributed by atoms with Crippen LogP contribution in [-0.2, 0) is 19.7 Å². The van der Waals surface area contributed by atoms with Gasteiger partial charge in [-0.05, 0) is 35.9 Å². The average molecular weight is 373 g/mol. The normalized spacial score (nSPS) is 18.7. The lowest BCUT2D eigenvalue weighted by molar-refractivity contribution is 0.273. The lowest BCUT2D eigenvalue weighted by Crippen LogP contribution is -2.20. The van der Waals surface area contributed by atoms with Gasteiger partial charge in [-0.25, -0.2) is 16.8 Å². The van der Waals surface area contributed by atoms with Crippen LogP contribution in [-0.4, -0.2) is 28.5 Å². The van der Waals surface area contributed by atoms with Crippen LogP contribution in [0.1, 0.15) is 18.4 Å². The van der Waals surface area contributed by atoms with E-state index in [4.69, 9.17) is 11.6 Å². The number of hydrogen-bond donors (Lipinski definition) is 1. The van der Waals surface area contributed by atoms with Crippen molar-refractivity contribution in [3.05, 3.63) is 47.0 Å². The molecule has 0 amide bonds. The summed E-state index contributed by atoms with van der Waals surface area (Å²) >= 11 is 5.84. The maximum absolute atomic E-state index is 12.8. The van der Waals surface area contributed by atoms with E-state index in [0.29, 0.717) is 5.56 Å². The smallest absolute Gasteiger partial charge is 0.209 e. The molecule has 0 radical (unpaired) electrons. The van der Waals surface area contributed by atoms with E-state index in [1.807, 2.05) is 0 Å². The maximum atomic E-state index is 12.8. The number of aliphatic hydroxyl groups excluding tert-OH is 1. The van der Waals surface area contributed by atoms with Gasteiger partial charge in [0.05, 0.1) is 19.6 Å². The van der Waals surface area contributed by atoms with Crippen LogP contribution in [0.5, 0.6) is 0 Å². The van der Waals surface area contributed by atoms with Gasteiger partial charge in [-0.3, -0.25) is 0 Å².